The topological polar surface area (TPSA) is 107 Å². The maximum atomic E-state index is 12.7. The third-order valence-corrected chi connectivity index (χ3v) is 5.57. The van der Waals surface area contributed by atoms with E-state index in [4.69, 9.17) is 4.74 Å². The fourth-order valence-corrected chi connectivity index (χ4v) is 3.17. The van der Waals surface area contributed by atoms with Crippen LogP contribution in [0.15, 0.2) is 30.3 Å². The number of sulfone groups is 1. The third kappa shape index (κ3) is 7.17. The smallest absolute Gasteiger partial charge is 0.394 e. The van der Waals surface area contributed by atoms with Crippen LogP contribution >= 0.6 is 0 Å². The van der Waals surface area contributed by atoms with E-state index in [0.29, 0.717) is 0 Å². The molecule has 30 heavy (non-hydrogen) atoms. The molecule has 0 bridgehead atoms. The molecule has 2 aromatic rings. The van der Waals surface area contributed by atoms with Crippen LogP contribution in [0.5, 0.6) is 5.75 Å². The lowest BCUT2D eigenvalue weighted by Gasteiger charge is -2.09. The Morgan fingerprint density at radius 1 is 1.20 bits per heavy atom. The maximum absolute atomic E-state index is 12.7. The van der Waals surface area contributed by atoms with Crippen LogP contribution < -0.4 is 10.1 Å². The Hall–Kier alpha value is -2.89. The second-order valence-corrected chi connectivity index (χ2v) is 8.82. The molecule has 0 saturated heterocycles. The van der Waals surface area contributed by atoms with Gasteiger partial charge < -0.3 is 10.1 Å². The van der Waals surface area contributed by atoms with Crippen molar-refractivity contribution in [2.75, 3.05) is 16.8 Å². The number of aryl methyl sites for hydroxylation is 1. The summed E-state index contributed by atoms with van der Waals surface area (Å²) in [5.41, 5.74) is -0.200. The maximum Gasteiger partial charge on any atom is 0.394 e. The van der Waals surface area contributed by atoms with Gasteiger partial charge in [-0.3, -0.25) is 9.59 Å². The first-order valence-electron chi connectivity index (χ1n) is 8.82. The van der Waals surface area contributed by atoms with Gasteiger partial charge >= 0.3 is 12.1 Å². The number of ether oxygens (including phenoxy) is 1. The molecule has 2 rings (SSSR count). The minimum Gasteiger partial charge on any atom is -0.427 e. The number of benzene rings is 1. The molecule has 8 nitrogen and oxygen atoms in total. The quantitative estimate of drug-likeness (QED) is 0.492. The highest BCUT2D eigenvalue weighted by Gasteiger charge is 2.30. The van der Waals surface area contributed by atoms with Crippen molar-refractivity contribution in [2.24, 2.45) is 0 Å². The minimum absolute atomic E-state index is 0.0605. The largest absolute Gasteiger partial charge is 0.427 e. The predicted molar refractivity (Wildman–Crippen MR) is 102 cm³/mol. The Morgan fingerprint density at radius 2 is 1.83 bits per heavy atom. The molecular weight excluding hydrogens is 427 g/mol. The van der Waals surface area contributed by atoms with Crippen molar-refractivity contribution < 1.29 is 35.9 Å². The molecule has 1 N–H and O–H groups in total. The second-order valence-electron chi connectivity index (χ2n) is 6.34. The molecule has 0 atom stereocenters. The number of alkyl halides is 3. The molecule has 1 aromatic carbocycles. The average molecular weight is 447 g/mol. The molecule has 0 aliphatic heterocycles. The molecule has 1 aromatic heterocycles. The van der Waals surface area contributed by atoms with Crippen LogP contribution in [-0.4, -0.2) is 47.8 Å². The zero-order valence-electron chi connectivity index (χ0n) is 16.2. The normalized spacial score (nSPS) is 11.9. The summed E-state index contributed by atoms with van der Waals surface area (Å²) in [6.07, 6.45) is -5.83. The van der Waals surface area contributed by atoms with Gasteiger partial charge in [-0.05, 0) is 24.3 Å². The Balaban J connectivity index is 2.22. The molecule has 1 heterocycles. The number of carbonyl (C=O) groups is 2. The van der Waals surface area contributed by atoms with Crippen LogP contribution in [0.1, 0.15) is 29.9 Å². The molecule has 12 heteroatoms. The molecule has 0 aliphatic rings. The van der Waals surface area contributed by atoms with Crippen LogP contribution in [0.25, 0.3) is 0 Å². The number of nitrogens with zero attached hydrogens (tertiary/aromatic N) is 2. The van der Waals surface area contributed by atoms with Crippen LogP contribution in [0.4, 0.5) is 19.0 Å². The van der Waals surface area contributed by atoms with Crippen molar-refractivity contribution in [3.8, 4) is 5.75 Å². The number of carbonyl (C=O) groups excluding carboxylic acids is 2. The SMILES string of the molecule is CCS(=O)(=O)CCn1nc(CC(F)(F)F)cc1NC(=O)c1ccc(OC(C)=O)cc1. The first-order valence-corrected chi connectivity index (χ1v) is 10.6. The highest BCUT2D eigenvalue weighted by atomic mass is 32.2. The van der Waals surface area contributed by atoms with Gasteiger partial charge in [0.25, 0.3) is 5.91 Å². The molecule has 0 saturated carbocycles. The van der Waals surface area contributed by atoms with Gasteiger partial charge in [-0.15, -0.1) is 0 Å². The highest BCUT2D eigenvalue weighted by Crippen LogP contribution is 2.23. The molecule has 0 fully saturated rings. The Morgan fingerprint density at radius 3 is 2.37 bits per heavy atom. The van der Waals surface area contributed by atoms with Crippen LogP contribution in [-0.2, 0) is 27.6 Å². The number of hydrogen-bond donors (Lipinski definition) is 1. The average Bonchev–Trinajstić information content (AvgIpc) is 2.99. The first kappa shape index (κ1) is 23.4. The number of hydrogen-bond acceptors (Lipinski definition) is 6. The van der Waals surface area contributed by atoms with E-state index in [1.165, 1.54) is 38.1 Å². The standard InChI is InChI=1S/C18H20F3N3O5S/c1-3-30(27,28)9-8-24-16(10-14(23-24)11-18(19,20)21)22-17(26)13-4-6-15(7-5-13)29-12(2)25/h4-7,10H,3,8-9,11H2,1-2H3,(H,22,26). The van der Waals surface area contributed by atoms with Crippen LogP contribution in [0, 0.1) is 0 Å². The summed E-state index contributed by atoms with van der Waals surface area (Å²) in [6.45, 7) is 2.46. The lowest BCUT2D eigenvalue weighted by Crippen LogP contribution is -2.20. The van der Waals surface area contributed by atoms with Gasteiger partial charge in [-0.1, -0.05) is 6.92 Å². The van der Waals surface area contributed by atoms with Crippen molar-refractivity contribution in [1.29, 1.82) is 0 Å². The molecule has 0 radical (unpaired) electrons. The third-order valence-electron chi connectivity index (χ3n) is 3.89. The molecule has 0 spiro atoms. The summed E-state index contributed by atoms with van der Waals surface area (Å²) in [5.74, 6) is -1.48. The van der Waals surface area contributed by atoms with Gasteiger partial charge in [0, 0.05) is 24.3 Å². The van der Waals surface area contributed by atoms with Crippen molar-refractivity contribution in [3.63, 3.8) is 0 Å². The molecular formula is C18H20F3N3O5S. The van der Waals surface area contributed by atoms with E-state index in [0.717, 1.165) is 10.7 Å². The Kier molecular flexibility index (Phi) is 7.24. The van der Waals surface area contributed by atoms with Gasteiger partial charge in [-0.25, -0.2) is 13.1 Å². The van der Waals surface area contributed by atoms with Crippen LogP contribution in [0.2, 0.25) is 0 Å². The van der Waals surface area contributed by atoms with Gasteiger partial charge in [0.15, 0.2) is 9.84 Å². The van der Waals surface area contributed by atoms with Gasteiger partial charge in [0.2, 0.25) is 0 Å². The van der Waals surface area contributed by atoms with Crippen LogP contribution in [0.3, 0.4) is 0 Å². The van der Waals surface area contributed by atoms with Crippen molar-refractivity contribution in [3.05, 3.63) is 41.6 Å². The van der Waals surface area contributed by atoms with E-state index in [-0.39, 0.29) is 40.9 Å². The molecule has 0 aliphatic carbocycles. The fraction of sp³-hybridized carbons (Fsp3) is 0.389. The number of anilines is 1. The number of aromatic nitrogens is 2. The van der Waals surface area contributed by atoms with E-state index < -0.39 is 34.3 Å². The van der Waals surface area contributed by atoms with E-state index >= 15 is 0 Å². The van der Waals surface area contributed by atoms with E-state index in [2.05, 4.69) is 10.4 Å². The van der Waals surface area contributed by atoms with E-state index in [1.807, 2.05) is 0 Å². The molecule has 164 valence electrons. The first-order chi connectivity index (χ1) is 13.9. The number of rotatable bonds is 8. The van der Waals surface area contributed by atoms with Crippen molar-refractivity contribution in [2.45, 2.75) is 33.0 Å². The van der Waals surface area contributed by atoms with Gasteiger partial charge in [0.1, 0.15) is 11.6 Å². The lowest BCUT2D eigenvalue weighted by molar-refractivity contribution is -0.132. The zero-order chi connectivity index (χ0) is 22.5. The summed E-state index contributed by atoms with van der Waals surface area (Å²) in [7, 11) is -3.39. The number of amides is 1. The second kappa shape index (κ2) is 9.28. The fourth-order valence-electron chi connectivity index (χ4n) is 2.43. The molecule has 1 amide bonds. The summed E-state index contributed by atoms with van der Waals surface area (Å²) in [5, 5.41) is 6.23. The summed E-state index contributed by atoms with van der Waals surface area (Å²) < 4.78 is 67.4. The number of halogens is 3. The lowest BCUT2D eigenvalue weighted by atomic mass is 10.2. The predicted octanol–water partition coefficient (Wildman–Crippen LogP) is 2.60. The molecule has 0 unspecified atom stereocenters. The Labute approximate surface area is 170 Å². The summed E-state index contributed by atoms with van der Waals surface area (Å²) >= 11 is 0. The number of nitrogens with one attached hydrogen (secondary N) is 1. The highest BCUT2D eigenvalue weighted by molar-refractivity contribution is 7.91. The Bertz CT molecular complexity index is 1010. The summed E-state index contributed by atoms with van der Waals surface area (Å²) in [4.78, 5) is 23.4. The monoisotopic (exact) mass is 447 g/mol. The van der Waals surface area contributed by atoms with Crippen molar-refractivity contribution >= 4 is 27.5 Å². The van der Waals surface area contributed by atoms with E-state index in [1.54, 1.807) is 0 Å². The van der Waals surface area contributed by atoms with Gasteiger partial charge in [0.05, 0.1) is 24.4 Å². The van der Waals surface area contributed by atoms with Gasteiger partial charge in [-0.2, -0.15) is 18.3 Å². The number of esters is 1. The van der Waals surface area contributed by atoms with E-state index in [9.17, 15) is 31.2 Å². The summed E-state index contributed by atoms with van der Waals surface area (Å²) in [6, 6.07) is 6.56. The zero-order valence-corrected chi connectivity index (χ0v) is 17.0. The minimum atomic E-state index is -4.51. The van der Waals surface area contributed by atoms with Crippen molar-refractivity contribution in [1.82, 2.24) is 9.78 Å².